The second kappa shape index (κ2) is 7.80. The fourth-order valence-electron chi connectivity index (χ4n) is 4.43. The van der Waals surface area contributed by atoms with E-state index in [0.717, 1.165) is 55.3 Å². The van der Waals surface area contributed by atoms with Crippen molar-refractivity contribution in [3.05, 3.63) is 52.8 Å². The van der Waals surface area contributed by atoms with E-state index in [2.05, 4.69) is 28.5 Å². The SMILES string of the molecule is CN(Cc1c(C(=O)N2CCCCC2)nc2sccn12)C[C@@H]1Cc2ccccc2O1. The van der Waals surface area contributed by atoms with Crippen LogP contribution in [0.2, 0.25) is 0 Å². The fraction of sp³-hybridized carbons (Fsp3) is 0.455. The second-order valence-electron chi connectivity index (χ2n) is 8.06. The Labute approximate surface area is 174 Å². The Morgan fingerprint density at radius 3 is 2.93 bits per heavy atom. The third kappa shape index (κ3) is 3.65. The molecule has 0 spiro atoms. The highest BCUT2D eigenvalue weighted by molar-refractivity contribution is 7.15. The van der Waals surface area contributed by atoms with Crippen LogP contribution >= 0.6 is 11.3 Å². The van der Waals surface area contributed by atoms with Gasteiger partial charge >= 0.3 is 0 Å². The molecule has 2 aromatic heterocycles. The van der Waals surface area contributed by atoms with E-state index in [9.17, 15) is 4.79 Å². The van der Waals surface area contributed by atoms with Crippen molar-refractivity contribution in [1.29, 1.82) is 0 Å². The van der Waals surface area contributed by atoms with Crippen LogP contribution in [0.4, 0.5) is 0 Å². The van der Waals surface area contributed by atoms with Gasteiger partial charge in [0.05, 0.1) is 5.69 Å². The van der Waals surface area contributed by atoms with Crippen LogP contribution in [0.25, 0.3) is 4.96 Å². The van der Waals surface area contributed by atoms with E-state index >= 15 is 0 Å². The van der Waals surface area contributed by atoms with Crippen LogP contribution in [0, 0.1) is 0 Å². The number of carbonyl (C=O) groups excluding carboxylic acids is 1. The standard InChI is InChI=1S/C22H26N4O2S/c1-24(14-17-13-16-7-3-4-8-19(16)28-17)15-18-20(23-22-26(18)11-12-29-22)21(27)25-9-5-2-6-10-25/h3-4,7-8,11-12,17H,2,5-6,9-10,13-15H2,1H3/t17-/m0/s1. The summed E-state index contributed by atoms with van der Waals surface area (Å²) >= 11 is 1.58. The van der Waals surface area contributed by atoms with E-state index in [-0.39, 0.29) is 12.0 Å². The molecule has 1 fully saturated rings. The van der Waals surface area contributed by atoms with E-state index < -0.39 is 0 Å². The molecule has 3 aromatic rings. The van der Waals surface area contributed by atoms with Crippen molar-refractivity contribution in [1.82, 2.24) is 19.2 Å². The van der Waals surface area contributed by atoms with Crippen LogP contribution in [0.3, 0.4) is 0 Å². The summed E-state index contributed by atoms with van der Waals surface area (Å²) in [4.78, 5) is 23.0. The van der Waals surface area contributed by atoms with Crippen LogP contribution in [-0.4, -0.2) is 57.9 Å². The molecule has 0 bridgehead atoms. The molecule has 6 nitrogen and oxygen atoms in total. The van der Waals surface area contributed by atoms with Crippen molar-refractivity contribution in [3.8, 4) is 5.75 Å². The lowest BCUT2D eigenvalue weighted by atomic mass is 10.1. The molecule has 0 unspecified atom stereocenters. The summed E-state index contributed by atoms with van der Waals surface area (Å²) in [6.45, 7) is 3.16. The van der Waals surface area contributed by atoms with E-state index in [1.54, 1.807) is 11.3 Å². The first-order valence-electron chi connectivity index (χ1n) is 10.4. The molecule has 152 valence electrons. The number of aromatic nitrogens is 2. The number of carbonyl (C=O) groups is 1. The van der Waals surface area contributed by atoms with Gasteiger partial charge in [-0.25, -0.2) is 4.98 Å². The van der Waals surface area contributed by atoms with Crippen LogP contribution < -0.4 is 4.74 Å². The molecule has 1 aromatic carbocycles. The number of fused-ring (bicyclic) bond motifs is 2. The zero-order valence-electron chi connectivity index (χ0n) is 16.7. The Morgan fingerprint density at radius 1 is 1.28 bits per heavy atom. The van der Waals surface area contributed by atoms with Crippen molar-refractivity contribution >= 4 is 22.2 Å². The van der Waals surface area contributed by atoms with E-state index in [1.165, 1.54) is 12.0 Å². The Kier molecular flexibility index (Phi) is 5.01. The highest BCUT2D eigenvalue weighted by atomic mass is 32.1. The summed E-state index contributed by atoms with van der Waals surface area (Å²) in [5.74, 6) is 1.07. The molecule has 0 N–H and O–H groups in total. The molecule has 7 heteroatoms. The minimum atomic E-state index is 0.0773. The topological polar surface area (TPSA) is 50.1 Å². The Balaban J connectivity index is 1.33. The first kappa shape index (κ1) is 18.6. The van der Waals surface area contributed by atoms with Crippen LogP contribution in [0.15, 0.2) is 35.8 Å². The van der Waals surface area contributed by atoms with Gasteiger partial charge in [-0.15, -0.1) is 11.3 Å². The molecule has 2 aliphatic rings. The zero-order valence-corrected chi connectivity index (χ0v) is 17.5. The molecule has 29 heavy (non-hydrogen) atoms. The number of benzene rings is 1. The molecule has 1 saturated heterocycles. The summed E-state index contributed by atoms with van der Waals surface area (Å²) in [5.41, 5.74) is 2.87. The van der Waals surface area contributed by atoms with Crippen molar-refractivity contribution in [3.63, 3.8) is 0 Å². The van der Waals surface area contributed by atoms with E-state index in [1.807, 2.05) is 28.6 Å². The number of imidazole rings is 1. The molecule has 1 atom stereocenters. The maximum atomic E-state index is 13.2. The Bertz CT molecular complexity index is 996. The van der Waals surface area contributed by atoms with Crippen molar-refractivity contribution in [2.45, 2.75) is 38.3 Å². The summed E-state index contributed by atoms with van der Waals surface area (Å²) in [5, 5.41) is 2.03. The normalized spacial score (nSPS) is 19.0. The van der Waals surface area contributed by atoms with Gasteiger partial charge in [-0.2, -0.15) is 0 Å². The van der Waals surface area contributed by atoms with Gasteiger partial charge in [-0.05, 0) is 37.9 Å². The average molecular weight is 411 g/mol. The Morgan fingerprint density at radius 2 is 2.10 bits per heavy atom. The van der Waals surface area contributed by atoms with Crippen LogP contribution in [0.5, 0.6) is 5.75 Å². The summed E-state index contributed by atoms with van der Waals surface area (Å²) < 4.78 is 8.18. The number of thiazole rings is 1. The molecule has 2 aliphatic heterocycles. The van der Waals surface area contributed by atoms with Crippen LogP contribution in [0.1, 0.15) is 41.0 Å². The summed E-state index contributed by atoms with van der Waals surface area (Å²) in [6.07, 6.45) is 6.47. The maximum absolute atomic E-state index is 13.2. The van der Waals surface area contributed by atoms with Gasteiger partial charge in [0, 0.05) is 44.2 Å². The molecule has 0 saturated carbocycles. The number of amides is 1. The van der Waals surface area contributed by atoms with Gasteiger partial charge in [0.15, 0.2) is 10.7 Å². The molecular formula is C22H26N4O2S. The number of hydrogen-bond acceptors (Lipinski definition) is 5. The van der Waals surface area contributed by atoms with Crippen molar-refractivity contribution < 1.29 is 9.53 Å². The molecule has 4 heterocycles. The average Bonchev–Trinajstić information content (AvgIpc) is 3.43. The first-order valence-corrected chi connectivity index (χ1v) is 11.2. The summed E-state index contributed by atoms with van der Waals surface area (Å²) in [6, 6.07) is 8.25. The molecule has 0 aliphatic carbocycles. The lowest BCUT2D eigenvalue weighted by molar-refractivity contribution is 0.0716. The van der Waals surface area contributed by atoms with Crippen molar-refractivity contribution in [2.75, 3.05) is 26.7 Å². The number of likely N-dealkylation sites (tertiary alicyclic amines) is 1. The minimum Gasteiger partial charge on any atom is -0.488 e. The quantitative estimate of drug-likeness (QED) is 0.646. The predicted molar refractivity (Wildman–Crippen MR) is 114 cm³/mol. The number of hydrogen-bond donors (Lipinski definition) is 0. The fourth-order valence-corrected chi connectivity index (χ4v) is 5.16. The van der Waals surface area contributed by atoms with E-state index in [0.29, 0.717) is 12.2 Å². The summed E-state index contributed by atoms with van der Waals surface area (Å²) in [7, 11) is 2.09. The first-order chi connectivity index (χ1) is 14.2. The smallest absolute Gasteiger partial charge is 0.274 e. The van der Waals surface area contributed by atoms with Gasteiger partial charge in [0.2, 0.25) is 0 Å². The zero-order chi connectivity index (χ0) is 19.8. The largest absolute Gasteiger partial charge is 0.488 e. The van der Waals surface area contributed by atoms with Gasteiger partial charge in [0.25, 0.3) is 5.91 Å². The maximum Gasteiger partial charge on any atom is 0.274 e. The highest BCUT2D eigenvalue weighted by Gasteiger charge is 2.28. The van der Waals surface area contributed by atoms with Crippen molar-refractivity contribution in [2.24, 2.45) is 0 Å². The van der Waals surface area contributed by atoms with Gasteiger partial charge in [-0.3, -0.25) is 14.1 Å². The number of ether oxygens (including phenoxy) is 1. The molecule has 1 amide bonds. The number of piperidine rings is 1. The monoisotopic (exact) mass is 410 g/mol. The third-order valence-electron chi connectivity index (χ3n) is 5.86. The molecular weight excluding hydrogens is 384 g/mol. The number of likely N-dealkylation sites (N-methyl/N-ethyl adjacent to an activating group) is 1. The second-order valence-corrected chi connectivity index (χ2v) is 8.94. The number of para-hydroxylation sites is 1. The lowest BCUT2D eigenvalue weighted by Gasteiger charge is -2.27. The van der Waals surface area contributed by atoms with Gasteiger partial charge in [0.1, 0.15) is 11.9 Å². The van der Waals surface area contributed by atoms with Gasteiger partial charge < -0.3 is 9.64 Å². The van der Waals surface area contributed by atoms with Crippen LogP contribution in [-0.2, 0) is 13.0 Å². The van der Waals surface area contributed by atoms with E-state index in [4.69, 9.17) is 9.72 Å². The minimum absolute atomic E-state index is 0.0773. The highest BCUT2D eigenvalue weighted by Crippen LogP contribution is 2.29. The molecule has 5 rings (SSSR count). The Hall–Kier alpha value is -2.38. The predicted octanol–water partition coefficient (Wildman–Crippen LogP) is 3.46. The number of rotatable bonds is 5. The lowest BCUT2D eigenvalue weighted by Crippen LogP contribution is -2.37. The molecule has 0 radical (unpaired) electrons. The number of nitrogens with zero attached hydrogens (tertiary/aromatic N) is 4. The third-order valence-corrected chi connectivity index (χ3v) is 6.61. The van der Waals surface area contributed by atoms with Gasteiger partial charge in [-0.1, -0.05) is 18.2 Å².